The summed E-state index contributed by atoms with van der Waals surface area (Å²) in [7, 11) is -5.60. The van der Waals surface area contributed by atoms with Crippen LogP contribution in [-0.2, 0) is 15.6 Å². The molecule has 4 aromatic carbocycles. The highest BCUT2D eigenvalue weighted by molar-refractivity contribution is 7.91. The molecule has 0 saturated heterocycles. The first-order valence-electron chi connectivity index (χ1n) is 12.0. The zero-order chi connectivity index (χ0) is 29.5. The maximum atomic E-state index is 13.6. The van der Waals surface area contributed by atoms with Crippen molar-refractivity contribution >= 4 is 37.0 Å². The van der Waals surface area contributed by atoms with E-state index < -0.39 is 27.0 Å². The van der Waals surface area contributed by atoms with Crippen LogP contribution in [0.4, 0.5) is 13.2 Å². The fraction of sp³-hybridized carbons (Fsp3) is 0.0968. The van der Waals surface area contributed by atoms with Crippen molar-refractivity contribution in [2.75, 3.05) is 0 Å². The van der Waals surface area contributed by atoms with Crippen LogP contribution in [0.3, 0.4) is 0 Å². The topological polar surface area (TPSA) is 129 Å². The van der Waals surface area contributed by atoms with Crippen molar-refractivity contribution < 1.29 is 21.6 Å². The number of fused-ring (bicyclic) bond motifs is 2. The number of halogens is 3. The van der Waals surface area contributed by atoms with Crippen molar-refractivity contribution in [3.05, 3.63) is 101 Å². The van der Waals surface area contributed by atoms with Gasteiger partial charge in [-0.15, -0.1) is 0 Å². The summed E-state index contributed by atoms with van der Waals surface area (Å²) in [5.41, 5.74) is -5.56. The molecule has 1 aliphatic carbocycles. The minimum Gasteiger partial charge on any atom is -0.219 e. The number of alkyl halides is 3. The van der Waals surface area contributed by atoms with Crippen LogP contribution in [0.25, 0.3) is 38.2 Å². The molecule has 4 aromatic rings. The van der Waals surface area contributed by atoms with E-state index in [0.29, 0.717) is 21.5 Å². The molecule has 6 nitrogen and oxygen atoms in total. The lowest BCUT2D eigenvalue weighted by molar-refractivity contribution is -0.0437. The van der Waals surface area contributed by atoms with Crippen LogP contribution in [0.1, 0.15) is 11.1 Å². The average molecular weight is 565 g/mol. The first-order valence-corrected chi connectivity index (χ1v) is 13.6. The van der Waals surface area contributed by atoms with Crippen molar-refractivity contribution in [1.29, 1.82) is 21.0 Å². The van der Waals surface area contributed by atoms with Gasteiger partial charge in [0.25, 0.3) is 9.84 Å². The largest absolute Gasteiger partial charge is 0.497 e. The van der Waals surface area contributed by atoms with Crippen molar-refractivity contribution in [2.45, 2.75) is 11.3 Å². The fourth-order valence-corrected chi connectivity index (χ4v) is 6.07. The van der Waals surface area contributed by atoms with E-state index in [0.717, 1.165) is 0 Å². The van der Waals surface area contributed by atoms with E-state index in [1.807, 2.05) is 24.3 Å². The van der Waals surface area contributed by atoms with Crippen LogP contribution in [-0.4, -0.2) is 13.9 Å². The summed E-state index contributed by atoms with van der Waals surface area (Å²) in [6.07, 6.45) is 0. The van der Waals surface area contributed by atoms with Gasteiger partial charge in [-0.2, -0.15) is 34.2 Å². The Morgan fingerprint density at radius 3 is 1.80 bits per heavy atom. The summed E-state index contributed by atoms with van der Waals surface area (Å²) >= 11 is 0. The molecule has 0 N–H and O–H groups in total. The summed E-state index contributed by atoms with van der Waals surface area (Å²) in [6, 6.07) is 27.4. The number of nitrogens with zero attached hydrogens (tertiary/aromatic N) is 4. The van der Waals surface area contributed by atoms with E-state index in [1.165, 1.54) is 12.1 Å². The number of allylic oxidation sites excluding steroid dienone is 4. The van der Waals surface area contributed by atoms with Crippen LogP contribution in [0.5, 0.6) is 0 Å². The van der Waals surface area contributed by atoms with E-state index in [9.17, 15) is 42.6 Å². The van der Waals surface area contributed by atoms with Gasteiger partial charge in [-0.1, -0.05) is 72.8 Å². The van der Waals surface area contributed by atoms with E-state index in [-0.39, 0.29) is 44.5 Å². The molecule has 0 bridgehead atoms. The Bertz CT molecular complexity index is 2140. The zero-order valence-corrected chi connectivity index (χ0v) is 21.7. The number of benzene rings is 4. The first-order chi connectivity index (χ1) is 19.6. The highest BCUT2D eigenvalue weighted by atomic mass is 32.2. The minimum atomic E-state index is -5.60. The summed E-state index contributed by atoms with van der Waals surface area (Å²) in [5.74, 6) is -2.66. The predicted octanol–water partition coefficient (Wildman–Crippen LogP) is 6.87. The predicted molar refractivity (Wildman–Crippen MR) is 145 cm³/mol. The zero-order valence-electron chi connectivity index (χ0n) is 20.9. The first kappa shape index (κ1) is 27.2. The smallest absolute Gasteiger partial charge is 0.219 e. The Labute approximate surface area is 232 Å². The van der Waals surface area contributed by atoms with Gasteiger partial charge in [0, 0.05) is 5.57 Å². The van der Waals surface area contributed by atoms with Crippen molar-refractivity contribution in [1.82, 2.24) is 0 Å². The van der Waals surface area contributed by atoms with E-state index in [1.54, 1.807) is 60.7 Å². The molecule has 0 aromatic heterocycles. The highest BCUT2D eigenvalue weighted by Crippen LogP contribution is 2.49. The maximum absolute atomic E-state index is 13.6. The number of hydrogen-bond donors (Lipinski definition) is 0. The summed E-state index contributed by atoms with van der Waals surface area (Å²) in [4.78, 5) is 0. The lowest BCUT2D eigenvalue weighted by atomic mass is 9.81. The Kier molecular flexibility index (Phi) is 6.60. The van der Waals surface area contributed by atoms with Crippen molar-refractivity contribution in [3.8, 4) is 35.4 Å². The Balaban J connectivity index is 1.98. The van der Waals surface area contributed by atoms with Gasteiger partial charge in [-0.25, -0.2) is 8.42 Å². The summed E-state index contributed by atoms with van der Waals surface area (Å²) in [5, 5.41) is 41.9. The van der Waals surface area contributed by atoms with Crippen LogP contribution < -0.4 is 0 Å². The van der Waals surface area contributed by atoms with Gasteiger partial charge >= 0.3 is 5.51 Å². The molecule has 1 atom stereocenters. The van der Waals surface area contributed by atoms with Gasteiger partial charge in [-0.3, -0.25) is 0 Å². The third-order valence-corrected chi connectivity index (χ3v) is 8.42. The van der Waals surface area contributed by atoms with Crippen LogP contribution in [0, 0.1) is 51.2 Å². The van der Waals surface area contributed by atoms with Gasteiger partial charge in [0.1, 0.15) is 18.1 Å². The molecule has 41 heavy (non-hydrogen) atoms. The van der Waals surface area contributed by atoms with Gasteiger partial charge in [-0.05, 0) is 43.8 Å². The molecule has 0 spiro atoms. The van der Waals surface area contributed by atoms with E-state index >= 15 is 0 Å². The molecule has 0 amide bonds. The normalized spacial score (nSPS) is 15.4. The molecule has 0 saturated carbocycles. The Morgan fingerprint density at radius 1 is 0.707 bits per heavy atom. The molecular formula is C31H15F3N4O2S. The molecule has 1 unspecified atom stereocenters. The second-order valence-corrected chi connectivity index (χ2v) is 11.2. The van der Waals surface area contributed by atoms with E-state index in [2.05, 4.69) is 0 Å². The van der Waals surface area contributed by atoms with E-state index in [4.69, 9.17) is 0 Å². The number of nitriles is 4. The number of rotatable bonds is 4. The third-order valence-electron chi connectivity index (χ3n) is 7.02. The van der Waals surface area contributed by atoms with Crippen LogP contribution >= 0.6 is 0 Å². The van der Waals surface area contributed by atoms with Crippen LogP contribution in [0.15, 0.2) is 89.5 Å². The van der Waals surface area contributed by atoms with Gasteiger partial charge in [0.15, 0.2) is 0 Å². The minimum absolute atomic E-state index is 0.0569. The second-order valence-electron chi connectivity index (χ2n) is 9.21. The highest BCUT2D eigenvalue weighted by Gasteiger charge is 2.46. The summed E-state index contributed by atoms with van der Waals surface area (Å²) < 4.78 is 65.5. The SMILES string of the molecule is N#CC1=C(C#N)C(C#N)C(c2ccc3ccccc3c2-c2c(CS(=O)(=O)C(F)(F)F)ccc3ccccc23)=C1C#N. The number of sulfone groups is 1. The molecular weight excluding hydrogens is 549 g/mol. The molecule has 0 aliphatic heterocycles. The molecule has 1 aliphatic rings. The van der Waals surface area contributed by atoms with Crippen LogP contribution in [0.2, 0.25) is 0 Å². The second kappa shape index (κ2) is 9.96. The lowest BCUT2D eigenvalue weighted by Gasteiger charge is -2.21. The fourth-order valence-electron chi connectivity index (χ4n) is 5.26. The molecule has 10 heteroatoms. The lowest BCUT2D eigenvalue weighted by Crippen LogP contribution is -2.25. The summed E-state index contributed by atoms with van der Waals surface area (Å²) in [6.45, 7) is 0. The van der Waals surface area contributed by atoms with Gasteiger partial charge in [0.05, 0.1) is 34.6 Å². The van der Waals surface area contributed by atoms with Gasteiger partial charge in [0.2, 0.25) is 0 Å². The van der Waals surface area contributed by atoms with Crippen molar-refractivity contribution in [3.63, 3.8) is 0 Å². The van der Waals surface area contributed by atoms with Crippen molar-refractivity contribution in [2.24, 2.45) is 5.92 Å². The monoisotopic (exact) mass is 564 g/mol. The molecule has 198 valence electrons. The van der Waals surface area contributed by atoms with Gasteiger partial charge < -0.3 is 0 Å². The third kappa shape index (κ3) is 4.28. The molecule has 0 fully saturated rings. The molecule has 0 heterocycles. The molecule has 5 rings (SSSR count). The molecule has 0 radical (unpaired) electrons. The number of hydrogen-bond acceptors (Lipinski definition) is 6. The maximum Gasteiger partial charge on any atom is 0.497 e. The Morgan fingerprint density at radius 2 is 1.27 bits per heavy atom. The standard InChI is InChI=1S/C31H15F3N4O2S/c32-31(33,34)41(39,40)17-20-10-9-18-5-1-3-7-21(18)28(20)30-22-8-4-2-6-19(22)11-12-23(30)29-26(15-37)24(13-35)25(14-36)27(29)16-38/h1-12,26H,17H2. The Hall–Kier alpha value is -5.42. The average Bonchev–Trinajstić information content (AvgIpc) is 3.28. The quantitative estimate of drug-likeness (QED) is 0.266.